The molecule has 1 saturated heterocycles. The molecule has 0 aromatic heterocycles. The Kier molecular flexibility index (Phi) is 11.2. The normalized spacial score (nSPS) is 22.4. The number of rotatable bonds is 9. The predicted molar refractivity (Wildman–Crippen MR) is 132 cm³/mol. The van der Waals surface area contributed by atoms with Gasteiger partial charge in [0.25, 0.3) is 0 Å². The van der Waals surface area contributed by atoms with E-state index in [-0.39, 0.29) is 36.0 Å². The van der Waals surface area contributed by atoms with E-state index in [4.69, 9.17) is 14.5 Å². The van der Waals surface area contributed by atoms with Crippen molar-refractivity contribution in [3.63, 3.8) is 0 Å². The molecule has 2 fully saturated rings. The first-order valence-electron chi connectivity index (χ1n) is 11.2. The number of aliphatic imine (C=N–C) groups is 1. The lowest BCUT2D eigenvalue weighted by molar-refractivity contribution is 0.127. The molecule has 30 heavy (non-hydrogen) atoms. The molecule has 0 radical (unpaired) electrons. The van der Waals surface area contributed by atoms with Crippen LogP contribution in [0.2, 0.25) is 0 Å². The lowest BCUT2D eigenvalue weighted by atomic mass is 9.84. The zero-order valence-electron chi connectivity index (χ0n) is 18.2. The van der Waals surface area contributed by atoms with Gasteiger partial charge in [0.1, 0.15) is 5.75 Å². The standard InChI is InChI=1S/C23H37N3O3.HI/c1-2-24-22(26-17-23(11-13-27)12-14-28-18-23)25-16-19-7-6-10-21(15-19)29-20-8-4-3-5-9-20;/h6-7,10,15,20,27H,2-5,8-9,11-14,16-18H2,1H3,(H2,24,25,26);1H. The molecule has 1 heterocycles. The zero-order valence-corrected chi connectivity index (χ0v) is 20.5. The molecule has 3 N–H and O–H groups in total. The Morgan fingerprint density at radius 2 is 2.10 bits per heavy atom. The molecule has 3 rings (SSSR count). The van der Waals surface area contributed by atoms with Gasteiger partial charge in [-0.05, 0) is 63.1 Å². The van der Waals surface area contributed by atoms with Gasteiger partial charge < -0.3 is 25.2 Å². The predicted octanol–water partition coefficient (Wildman–Crippen LogP) is 3.86. The molecule has 0 spiro atoms. The van der Waals surface area contributed by atoms with E-state index >= 15 is 0 Å². The van der Waals surface area contributed by atoms with E-state index in [1.807, 2.05) is 6.07 Å². The van der Waals surface area contributed by atoms with Crippen molar-refractivity contribution in [2.75, 3.05) is 32.9 Å². The molecule has 1 aromatic carbocycles. The number of hydrogen-bond donors (Lipinski definition) is 3. The molecular formula is C23H38IN3O3. The average molecular weight is 531 g/mol. The van der Waals surface area contributed by atoms with Gasteiger partial charge in [-0.15, -0.1) is 24.0 Å². The van der Waals surface area contributed by atoms with Crippen molar-refractivity contribution in [3.05, 3.63) is 29.8 Å². The molecule has 1 atom stereocenters. The summed E-state index contributed by atoms with van der Waals surface area (Å²) in [5.74, 6) is 1.75. The number of nitrogens with one attached hydrogen (secondary N) is 2. The minimum atomic E-state index is -0.00130. The van der Waals surface area contributed by atoms with Gasteiger partial charge in [0, 0.05) is 31.7 Å². The van der Waals surface area contributed by atoms with Gasteiger partial charge in [0.2, 0.25) is 0 Å². The monoisotopic (exact) mass is 531 g/mol. The number of ether oxygens (including phenoxy) is 2. The molecule has 1 aromatic rings. The highest BCUT2D eigenvalue weighted by Gasteiger charge is 2.34. The van der Waals surface area contributed by atoms with Crippen molar-refractivity contribution in [3.8, 4) is 5.75 Å². The van der Waals surface area contributed by atoms with Gasteiger partial charge in [-0.3, -0.25) is 0 Å². The fourth-order valence-corrected chi connectivity index (χ4v) is 4.19. The quantitative estimate of drug-likeness (QED) is 0.257. The van der Waals surface area contributed by atoms with Crippen LogP contribution in [0.25, 0.3) is 0 Å². The molecule has 170 valence electrons. The Morgan fingerprint density at radius 3 is 2.80 bits per heavy atom. The van der Waals surface area contributed by atoms with Gasteiger partial charge in [-0.2, -0.15) is 0 Å². The summed E-state index contributed by atoms with van der Waals surface area (Å²) in [6, 6.07) is 8.30. The highest BCUT2D eigenvalue weighted by molar-refractivity contribution is 14.0. The number of aliphatic hydroxyl groups excluding tert-OH is 1. The lowest BCUT2D eigenvalue weighted by Crippen LogP contribution is -2.44. The van der Waals surface area contributed by atoms with Crippen LogP contribution in [0, 0.1) is 5.41 Å². The summed E-state index contributed by atoms with van der Waals surface area (Å²) in [5.41, 5.74) is 1.14. The summed E-state index contributed by atoms with van der Waals surface area (Å²) in [4.78, 5) is 4.76. The second-order valence-corrected chi connectivity index (χ2v) is 8.35. The minimum Gasteiger partial charge on any atom is -0.490 e. The lowest BCUT2D eigenvalue weighted by Gasteiger charge is -2.27. The highest BCUT2D eigenvalue weighted by Crippen LogP contribution is 2.31. The molecule has 0 amide bonds. The van der Waals surface area contributed by atoms with Crippen LogP contribution < -0.4 is 15.4 Å². The maximum atomic E-state index is 9.41. The van der Waals surface area contributed by atoms with Crippen LogP contribution in [0.1, 0.15) is 57.4 Å². The van der Waals surface area contributed by atoms with Crippen molar-refractivity contribution in [1.82, 2.24) is 10.6 Å². The summed E-state index contributed by atoms with van der Waals surface area (Å²) in [6.45, 7) is 5.87. The first kappa shape index (κ1) is 25.2. The molecule has 1 unspecified atom stereocenters. The number of aliphatic hydroxyl groups is 1. The molecule has 1 aliphatic carbocycles. The molecular weight excluding hydrogens is 493 g/mol. The van der Waals surface area contributed by atoms with E-state index in [9.17, 15) is 5.11 Å². The number of hydrogen-bond acceptors (Lipinski definition) is 4. The largest absolute Gasteiger partial charge is 0.490 e. The minimum absolute atomic E-state index is 0. The van der Waals surface area contributed by atoms with E-state index in [1.54, 1.807) is 0 Å². The van der Waals surface area contributed by atoms with Crippen LogP contribution in [0.5, 0.6) is 5.75 Å². The number of halogens is 1. The molecule has 6 nitrogen and oxygen atoms in total. The maximum Gasteiger partial charge on any atom is 0.191 e. The summed E-state index contributed by atoms with van der Waals surface area (Å²) in [6.07, 6.45) is 8.29. The second kappa shape index (κ2) is 13.4. The highest BCUT2D eigenvalue weighted by atomic mass is 127. The van der Waals surface area contributed by atoms with E-state index in [0.29, 0.717) is 19.3 Å². The third-order valence-electron chi connectivity index (χ3n) is 5.98. The third kappa shape index (κ3) is 7.89. The van der Waals surface area contributed by atoms with Crippen molar-refractivity contribution in [2.24, 2.45) is 10.4 Å². The first-order chi connectivity index (χ1) is 14.2. The Balaban J connectivity index is 0.00000320. The molecule has 1 aliphatic heterocycles. The van der Waals surface area contributed by atoms with Crippen LogP contribution >= 0.6 is 24.0 Å². The fraction of sp³-hybridized carbons (Fsp3) is 0.696. The molecule has 0 bridgehead atoms. The number of benzene rings is 1. The van der Waals surface area contributed by atoms with E-state index in [0.717, 1.165) is 62.7 Å². The Hall–Kier alpha value is -1.06. The van der Waals surface area contributed by atoms with Crippen LogP contribution in [0.4, 0.5) is 0 Å². The molecule has 2 aliphatic rings. The summed E-state index contributed by atoms with van der Waals surface area (Å²) < 4.78 is 11.8. The van der Waals surface area contributed by atoms with Crippen LogP contribution in [-0.2, 0) is 11.3 Å². The van der Waals surface area contributed by atoms with Crippen LogP contribution in [0.3, 0.4) is 0 Å². The maximum absolute atomic E-state index is 9.41. The smallest absolute Gasteiger partial charge is 0.191 e. The Bertz CT molecular complexity index is 644. The van der Waals surface area contributed by atoms with Gasteiger partial charge in [-0.1, -0.05) is 18.6 Å². The second-order valence-electron chi connectivity index (χ2n) is 8.35. The zero-order chi connectivity index (χ0) is 20.4. The van der Waals surface area contributed by atoms with E-state index < -0.39 is 0 Å². The Morgan fingerprint density at radius 1 is 1.27 bits per heavy atom. The van der Waals surface area contributed by atoms with Crippen molar-refractivity contribution in [2.45, 2.75) is 64.5 Å². The van der Waals surface area contributed by atoms with Crippen LogP contribution in [0.15, 0.2) is 29.3 Å². The van der Waals surface area contributed by atoms with Gasteiger partial charge in [0.15, 0.2) is 5.96 Å². The topological polar surface area (TPSA) is 75.1 Å². The van der Waals surface area contributed by atoms with Crippen molar-refractivity contribution >= 4 is 29.9 Å². The third-order valence-corrected chi connectivity index (χ3v) is 5.98. The van der Waals surface area contributed by atoms with Crippen molar-refractivity contribution in [1.29, 1.82) is 0 Å². The number of guanidine groups is 1. The SMILES string of the molecule is CCNC(=NCc1cccc(OC2CCCCC2)c1)NCC1(CCO)CCOC1.I. The van der Waals surface area contributed by atoms with Crippen LogP contribution in [-0.4, -0.2) is 50.1 Å². The van der Waals surface area contributed by atoms with Gasteiger partial charge >= 0.3 is 0 Å². The van der Waals surface area contributed by atoms with Gasteiger partial charge in [0.05, 0.1) is 19.3 Å². The first-order valence-corrected chi connectivity index (χ1v) is 11.2. The van der Waals surface area contributed by atoms with Crippen molar-refractivity contribution < 1.29 is 14.6 Å². The fourth-order valence-electron chi connectivity index (χ4n) is 4.19. The van der Waals surface area contributed by atoms with E-state index in [2.05, 4.69) is 35.8 Å². The average Bonchev–Trinajstić information content (AvgIpc) is 3.20. The van der Waals surface area contributed by atoms with Gasteiger partial charge in [-0.25, -0.2) is 4.99 Å². The van der Waals surface area contributed by atoms with E-state index in [1.165, 1.54) is 19.3 Å². The number of nitrogens with zero attached hydrogens (tertiary/aromatic N) is 1. The molecule has 1 saturated carbocycles. The molecule has 7 heteroatoms. The summed E-state index contributed by atoms with van der Waals surface area (Å²) in [7, 11) is 0. The summed E-state index contributed by atoms with van der Waals surface area (Å²) >= 11 is 0. The Labute approximate surface area is 198 Å². The summed E-state index contributed by atoms with van der Waals surface area (Å²) in [5, 5.41) is 16.2.